The summed E-state index contributed by atoms with van der Waals surface area (Å²) in [7, 11) is 1.60. The predicted octanol–water partition coefficient (Wildman–Crippen LogP) is 3.41. The Labute approximate surface area is 132 Å². The molecule has 2 aromatic rings. The zero-order chi connectivity index (χ0) is 15.4. The molecule has 1 aromatic carbocycles. The highest BCUT2D eigenvalue weighted by Gasteiger charge is 2.22. The summed E-state index contributed by atoms with van der Waals surface area (Å²) in [5, 5.41) is 1.31. The molecule has 0 saturated carbocycles. The molecule has 0 aliphatic carbocycles. The number of hydrogen-bond acceptors (Lipinski definition) is 4. The highest BCUT2D eigenvalue weighted by Crippen LogP contribution is 2.38. The van der Waals surface area contributed by atoms with Crippen molar-refractivity contribution < 1.29 is 9.53 Å². The number of hydrogen-bond donors (Lipinski definition) is 1. The first kappa shape index (κ1) is 15.8. The van der Waals surface area contributed by atoms with Crippen LogP contribution in [0.5, 0.6) is 0 Å². The highest BCUT2D eigenvalue weighted by atomic mass is 35.5. The Balaban J connectivity index is 2.39. The number of nitrogens with zero attached hydrogens (tertiary/aromatic N) is 1. The molecule has 2 rings (SSSR count). The van der Waals surface area contributed by atoms with E-state index in [4.69, 9.17) is 22.1 Å². The van der Waals surface area contributed by atoms with Gasteiger partial charge < -0.3 is 15.4 Å². The van der Waals surface area contributed by atoms with Gasteiger partial charge in [-0.2, -0.15) is 0 Å². The van der Waals surface area contributed by atoms with E-state index in [9.17, 15) is 4.79 Å². The Bertz CT molecular complexity index is 669. The van der Waals surface area contributed by atoms with Crippen molar-refractivity contribution in [2.75, 3.05) is 32.5 Å². The standard InChI is InChI=1S/C15H17ClN2O2S/c1-3-7-18(8-9-20-2)15(19)14-13(17)12-10(16)5-4-6-11(12)21-14/h3-6H,1,7-9,17H2,2H3. The maximum absolute atomic E-state index is 12.7. The number of ether oxygens (including phenoxy) is 1. The number of carbonyl (C=O) groups is 1. The van der Waals surface area contributed by atoms with Crippen molar-refractivity contribution in [3.63, 3.8) is 0 Å². The lowest BCUT2D eigenvalue weighted by atomic mass is 10.2. The zero-order valence-corrected chi connectivity index (χ0v) is 13.3. The van der Waals surface area contributed by atoms with Crippen molar-refractivity contribution in [3.05, 3.63) is 40.8 Å². The number of thiophene rings is 1. The minimum Gasteiger partial charge on any atom is -0.397 e. The van der Waals surface area contributed by atoms with Crippen molar-refractivity contribution >= 4 is 44.6 Å². The summed E-state index contributed by atoms with van der Waals surface area (Å²) in [6.07, 6.45) is 1.68. The lowest BCUT2D eigenvalue weighted by Gasteiger charge is -2.20. The number of nitrogen functional groups attached to an aromatic ring is 1. The van der Waals surface area contributed by atoms with Gasteiger partial charge in [0, 0.05) is 30.3 Å². The van der Waals surface area contributed by atoms with Crippen molar-refractivity contribution in [2.24, 2.45) is 0 Å². The molecule has 1 aromatic heterocycles. The van der Waals surface area contributed by atoms with Gasteiger partial charge in [0.2, 0.25) is 0 Å². The third-order valence-corrected chi connectivity index (χ3v) is 4.57. The topological polar surface area (TPSA) is 55.6 Å². The first-order valence-corrected chi connectivity index (χ1v) is 7.65. The smallest absolute Gasteiger partial charge is 0.266 e. The van der Waals surface area contributed by atoms with Gasteiger partial charge in [0.15, 0.2) is 0 Å². The molecule has 112 valence electrons. The van der Waals surface area contributed by atoms with E-state index < -0.39 is 0 Å². The molecule has 0 spiro atoms. The van der Waals surface area contributed by atoms with Crippen LogP contribution in [-0.2, 0) is 4.74 Å². The van der Waals surface area contributed by atoms with E-state index in [0.29, 0.717) is 35.3 Å². The monoisotopic (exact) mass is 324 g/mol. The number of rotatable bonds is 6. The minimum atomic E-state index is -0.123. The van der Waals surface area contributed by atoms with Crippen LogP contribution in [-0.4, -0.2) is 37.6 Å². The van der Waals surface area contributed by atoms with Crippen LogP contribution in [0.15, 0.2) is 30.9 Å². The van der Waals surface area contributed by atoms with Crippen LogP contribution >= 0.6 is 22.9 Å². The number of amides is 1. The molecule has 2 N–H and O–H groups in total. The molecule has 1 heterocycles. The second-order valence-corrected chi connectivity index (χ2v) is 5.95. The molecule has 0 aliphatic rings. The van der Waals surface area contributed by atoms with Gasteiger partial charge in [-0.1, -0.05) is 23.7 Å². The second kappa shape index (κ2) is 6.93. The van der Waals surface area contributed by atoms with Crippen molar-refractivity contribution in [2.45, 2.75) is 0 Å². The van der Waals surface area contributed by atoms with Gasteiger partial charge in [-0.15, -0.1) is 17.9 Å². The normalized spacial score (nSPS) is 10.8. The Morgan fingerprint density at radius 2 is 2.33 bits per heavy atom. The molecule has 1 amide bonds. The van der Waals surface area contributed by atoms with Gasteiger partial charge in [-0.3, -0.25) is 4.79 Å². The number of nitrogens with two attached hydrogens (primary N) is 1. The average molecular weight is 325 g/mol. The molecule has 0 unspecified atom stereocenters. The van der Waals surface area contributed by atoms with E-state index in [-0.39, 0.29) is 5.91 Å². The second-order valence-electron chi connectivity index (χ2n) is 4.49. The summed E-state index contributed by atoms with van der Waals surface area (Å²) in [6, 6.07) is 5.53. The summed E-state index contributed by atoms with van der Waals surface area (Å²) in [5.74, 6) is -0.123. The lowest BCUT2D eigenvalue weighted by Crippen LogP contribution is -2.33. The van der Waals surface area contributed by atoms with Crippen LogP contribution in [0.1, 0.15) is 9.67 Å². The third-order valence-electron chi connectivity index (χ3n) is 3.10. The first-order chi connectivity index (χ1) is 10.1. The Morgan fingerprint density at radius 3 is 2.95 bits per heavy atom. The number of fused-ring (bicyclic) bond motifs is 1. The molecule has 21 heavy (non-hydrogen) atoms. The van der Waals surface area contributed by atoms with Gasteiger partial charge >= 0.3 is 0 Å². The van der Waals surface area contributed by atoms with Gasteiger partial charge in [-0.05, 0) is 12.1 Å². The molecular weight excluding hydrogens is 308 g/mol. The quantitative estimate of drug-likeness (QED) is 0.828. The Hall–Kier alpha value is -1.56. The maximum Gasteiger partial charge on any atom is 0.266 e. The number of carbonyl (C=O) groups excluding carboxylic acids is 1. The maximum atomic E-state index is 12.7. The van der Waals surface area contributed by atoms with Crippen molar-refractivity contribution in [1.29, 1.82) is 0 Å². The summed E-state index contributed by atoms with van der Waals surface area (Å²) < 4.78 is 5.95. The van der Waals surface area contributed by atoms with E-state index in [1.165, 1.54) is 11.3 Å². The molecule has 0 radical (unpaired) electrons. The number of halogens is 1. The highest BCUT2D eigenvalue weighted by molar-refractivity contribution is 7.21. The molecule has 6 heteroatoms. The van der Waals surface area contributed by atoms with Gasteiger partial charge in [0.25, 0.3) is 5.91 Å². The van der Waals surface area contributed by atoms with Crippen LogP contribution in [0.4, 0.5) is 5.69 Å². The lowest BCUT2D eigenvalue weighted by molar-refractivity contribution is 0.0724. The van der Waals surface area contributed by atoms with Crippen LogP contribution in [0.2, 0.25) is 5.02 Å². The fourth-order valence-corrected chi connectivity index (χ4v) is 3.51. The third kappa shape index (κ3) is 3.20. The van der Waals surface area contributed by atoms with Crippen molar-refractivity contribution in [1.82, 2.24) is 4.90 Å². The van der Waals surface area contributed by atoms with E-state index in [1.54, 1.807) is 24.2 Å². The van der Waals surface area contributed by atoms with E-state index in [2.05, 4.69) is 6.58 Å². The van der Waals surface area contributed by atoms with E-state index >= 15 is 0 Å². The summed E-state index contributed by atoms with van der Waals surface area (Å²) in [5.41, 5.74) is 6.57. The predicted molar refractivity (Wildman–Crippen MR) is 89.2 cm³/mol. The molecule has 0 aliphatic heterocycles. The van der Waals surface area contributed by atoms with E-state index in [1.807, 2.05) is 12.1 Å². The fraction of sp³-hybridized carbons (Fsp3) is 0.267. The van der Waals surface area contributed by atoms with Gasteiger partial charge in [0.1, 0.15) is 4.88 Å². The largest absolute Gasteiger partial charge is 0.397 e. The Kier molecular flexibility index (Phi) is 5.22. The number of benzene rings is 1. The fourth-order valence-electron chi connectivity index (χ4n) is 2.06. The van der Waals surface area contributed by atoms with Crippen LogP contribution in [0.25, 0.3) is 10.1 Å². The van der Waals surface area contributed by atoms with Crippen molar-refractivity contribution in [3.8, 4) is 0 Å². The van der Waals surface area contributed by atoms with Gasteiger partial charge in [-0.25, -0.2) is 0 Å². The van der Waals surface area contributed by atoms with Crippen LogP contribution < -0.4 is 5.73 Å². The molecule has 0 atom stereocenters. The number of methoxy groups -OCH3 is 1. The minimum absolute atomic E-state index is 0.123. The zero-order valence-electron chi connectivity index (χ0n) is 11.8. The summed E-state index contributed by atoms with van der Waals surface area (Å²) >= 11 is 7.53. The van der Waals surface area contributed by atoms with E-state index in [0.717, 1.165) is 10.1 Å². The Morgan fingerprint density at radius 1 is 1.57 bits per heavy atom. The molecular formula is C15H17ClN2O2S. The van der Waals surface area contributed by atoms with Gasteiger partial charge in [0.05, 0.1) is 17.3 Å². The van der Waals surface area contributed by atoms with Crippen LogP contribution in [0, 0.1) is 0 Å². The molecule has 0 fully saturated rings. The molecule has 4 nitrogen and oxygen atoms in total. The summed E-state index contributed by atoms with van der Waals surface area (Å²) in [6.45, 7) is 5.08. The molecule has 0 saturated heterocycles. The SMILES string of the molecule is C=CCN(CCOC)C(=O)c1sc2cccc(Cl)c2c1N. The summed E-state index contributed by atoms with van der Waals surface area (Å²) in [4.78, 5) is 14.8. The van der Waals surface area contributed by atoms with Crippen LogP contribution in [0.3, 0.4) is 0 Å². The number of anilines is 1. The average Bonchev–Trinajstić information content (AvgIpc) is 2.81. The first-order valence-electron chi connectivity index (χ1n) is 6.45. The molecule has 0 bridgehead atoms.